The number of hydrogen-bond donors (Lipinski definition) is 0. The molecule has 0 N–H and O–H groups in total. The highest BCUT2D eigenvalue weighted by Gasteiger charge is 2.26. The van der Waals surface area contributed by atoms with Crippen LogP contribution >= 0.6 is 0 Å². The molecule has 1 aliphatic heterocycles. The van der Waals surface area contributed by atoms with Crippen LogP contribution in [0.3, 0.4) is 0 Å². The number of allylic oxidation sites excluding steroid dienone is 1. The van der Waals surface area contributed by atoms with E-state index in [-0.39, 0.29) is 5.78 Å². The van der Waals surface area contributed by atoms with Gasteiger partial charge in [-0.1, -0.05) is 12.1 Å². The second-order valence-electron chi connectivity index (χ2n) is 5.38. The number of ketones is 1. The molecule has 124 valence electrons. The van der Waals surface area contributed by atoms with Gasteiger partial charge in [-0.25, -0.2) is 0 Å². The maximum absolute atomic E-state index is 12.9. The number of aromatic nitrogens is 1. The fourth-order valence-corrected chi connectivity index (χ4v) is 2.67. The Kier molecular flexibility index (Phi) is 4.79. The number of benzene rings is 1. The number of carbonyl (C=O) groups is 1. The van der Waals surface area contributed by atoms with Gasteiger partial charge in [-0.2, -0.15) is 0 Å². The van der Waals surface area contributed by atoms with Gasteiger partial charge in [0.2, 0.25) is 0 Å². The Bertz CT molecular complexity index is 768. The third kappa shape index (κ3) is 3.25. The first-order valence-corrected chi connectivity index (χ1v) is 7.75. The first kappa shape index (κ1) is 16.1. The van der Waals surface area contributed by atoms with E-state index in [4.69, 9.17) is 14.2 Å². The van der Waals surface area contributed by atoms with E-state index in [1.165, 1.54) is 7.11 Å². The zero-order valence-electron chi connectivity index (χ0n) is 13.7. The van der Waals surface area contributed by atoms with Gasteiger partial charge in [-0.15, -0.1) is 0 Å². The second kappa shape index (κ2) is 7.17. The average molecular weight is 325 g/mol. The van der Waals surface area contributed by atoms with Gasteiger partial charge in [-0.3, -0.25) is 9.78 Å². The van der Waals surface area contributed by atoms with Crippen LogP contribution in [0.1, 0.15) is 22.5 Å². The van der Waals surface area contributed by atoms with E-state index in [0.717, 1.165) is 5.69 Å². The molecule has 0 bridgehead atoms. The maximum atomic E-state index is 12.9. The number of rotatable bonds is 4. The molecule has 24 heavy (non-hydrogen) atoms. The van der Waals surface area contributed by atoms with Crippen LogP contribution in [0, 0.1) is 0 Å². The molecule has 0 amide bonds. The highest BCUT2D eigenvalue weighted by Crippen LogP contribution is 2.38. The Morgan fingerprint density at radius 1 is 1.25 bits per heavy atom. The van der Waals surface area contributed by atoms with E-state index in [1.54, 1.807) is 25.4 Å². The molecule has 2 heterocycles. The minimum atomic E-state index is -0.0714. The summed E-state index contributed by atoms with van der Waals surface area (Å²) in [5.74, 6) is 1.48. The molecule has 0 radical (unpaired) electrons. The summed E-state index contributed by atoms with van der Waals surface area (Å²) in [6.45, 7) is 0.434. The summed E-state index contributed by atoms with van der Waals surface area (Å²) in [5.41, 5.74) is 2.08. The fourth-order valence-electron chi connectivity index (χ4n) is 2.67. The van der Waals surface area contributed by atoms with Crippen molar-refractivity contribution in [1.82, 2.24) is 4.98 Å². The predicted molar refractivity (Wildman–Crippen MR) is 90.0 cm³/mol. The van der Waals surface area contributed by atoms with Crippen LogP contribution in [-0.4, -0.2) is 31.6 Å². The Morgan fingerprint density at radius 3 is 2.83 bits per heavy atom. The highest BCUT2D eigenvalue weighted by molar-refractivity contribution is 6.12. The largest absolute Gasteiger partial charge is 0.496 e. The lowest BCUT2D eigenvalue weighted by atomic mass is 9.99. The van der Waals surface area contributed by atoms with E-state index in [2.05, 4.69) is 4.98 Å². The first-order valence-electron chi connectivity index (χ1n) is 7.75. The third-order valence-electron chi connectivity index (χ3n) is 3.93. The number of hydrogen-bond acceptors (Lipinski definition) is 5. The summed E-state index contributed by atoms with van der Waals surface area (Å²) < 4.78 is 16.4. The molecule has 0 fully saturated rings. The smallest absolute Gasteiger partial charge is 0.196 e. The topological polar surface area (TPSA) is 57.6 Å². The van der Waals surface area contributed by atoms with Crippen molar-refractivity contribution in [2.24, 2.45) is 0 Å². The molecule has 0 unspecified atom stereocenters. The lowest BCUT2D eigenvalue weighted by molar-refractivity contribution is 0.102. The number of ether oxygens (including phenoxy) is 3. The number of Topliss-reactive ketones (excluding diaryl/α,β-unsaturated/α-hetero) is 1. The molecule has 0 saturated heterocycles. The minimum absolute atomic E-state index is 0.0714. The molecule has 1 aromatic heterocycles. The molecule has 1 aromatic carbocycles. The van der Waals surface area contributed by atoms with E-state index >= 15 is 0 Å². The van der Waals surface area contributed by atoms with Crippen LogP contribution in [0.15, 0.2) is 48.2 Å². The van der Waals surface area contributed by atoms with Crippen molar-refractivity contribution in [3.05, 3.63) is 59.4 Å². The van der Waals surface area contributed by atoms with Gasteiger partial charge in [-0.05, 0) is 12.1 Å². The fraction of sp³-hybridized carbons (Fsp3) is 0.263. The van der Waals surface area contributed by atoms with Gasteiger partial charge in [0.25, 0.3) is 0 Å². The minimum Gasteiger partial charge on any atom is -0.496 e. The van der Waals surface area contributed by atoms with Crippen molar-refractivity contribution in [3.8, 4) is 17.2 Å². The lowest BCUT2D eigenvalue weighted by Crippen LogP contribution is -2.06. The summed E-state index contributed by atoms with van der Waals surface area (Å²) in [4.78, 5) is 17.2. The van der Waals surface area contributed by atoms with Gasteiger partial charge in [0.15, 0.2) is 5.78 Å². The van der Waals surface area contributed by atoms with Crippen molar-refractivity contribution in [1.29, 1.82) is 0 Å². The molecule has 5 heteroatoms. The molecule has 0 saturated carbocycles. The van der Waals surface area contributed by atoms with Crippen molar-refractivity contribution in [2.75, 3.05) is 20.8 Å². The normalized spacial score (nSPS) is 15.4. The molecular weight excluding hydrogens is 306 g/mol. The molecule has 0 atom stereocenters. The van der Waals surface area contributed by atoms with E-state index in [1.807, 2.05) is 24.3 Å². The van der Waals surface area contributed by atoms with Gasteiger partial charge in [0.05, 0.1) is 20.8 Å². The van der Waals surface area contributed by atoms with Crippen molar-refractivity contribution in [3.63, 3.8) is 0 Å². The lowest BCUT2D eigenvalue weighted by Gasteiger charge is -2.12. The van der Waals surface area contributed by atoms with Crippen LogP contribution < -0.4 is 14.2 Å². The highest BCUT2D eigenvalue weighted by atomic mass is 16.5. The Morgan fingerprint density at radius 2 is 2.12 bits per heavy atom. The summed E-state index contributed by atoms with van der Waals surface area (Å²) in [6.07, 6.45) is 4.82. The summed E-state index contributed by atoms with van der Waals surface area (Å²) >= 11 is 0. The summed E-state index contributed by atoms with van der Waals surface area (Å²) in [5, 5.41) is 0. The number of fused-ring (bicyclic) bond motifs is 1. The zero-order chi connectivity index (χ0) is 16.9. The van der Waals surface area contributed by atoms with Crippen LogP contribution in [-0.2, 0) is 6.42 Å². The summed E-state index contributed by atoms with van der Waals surface area (Å²) in [6, 6.07) is 9.16. The van der Waals surface area contributed by atoms with Crippen LogP contribution in [0.4, 0.5) is 0 Å². The van der Waals surface area contributed by atoms with Crippen molar-refractivity contribution in [2.45, 2.75) is 12.8 Å². The van der Waals surface area contributed by atoms with Crippen molar-refractivity contribution < 1.29 is 19.0 Å². The van der Waals surface area contributed by atoms with Gasteiger partial charge in [0, 0.05) is 42.4 Å². The van der Waals surface area contributed by atoms with Crippen molar-refractivity contribution >= 4 is 5.78 Å². The molecule has 0 aliphatic carbocycles. The molecule has 1 aliphatic rings. The van der Waals surface area contributed by atoms with Crippen LogP contribution in [0.2, 0.25) is 0 Å². The number of methoxy groups -OCH3 is 2. The SMILES string of the molecule is COc1cc(OC)c2c(c1)OCC/C(=C\Cc1ccccn1)C2=O. The second-order valence-corrected chi connectivity index (χ2v) is 5.38. The molecular formula is C19H19NO4. The van der Waals surface area contributed by atoms with Gasteiger partial charge >= 0.3 is 0 Å². The number of nitrogens with zero attached hydrogens (tertiary/aromatic N) is 1. The Hall–Kier alpha value is -2.82. The van der Waals surface area contributed by atoms with E-state index in [9.17, 15) is 4.79 Å². The van der Waals surface area contributed by atoms with Gasteiger partial charge < -0.3 is 14.2 Å². The summed E-state index contributed by atoms with van der Waals surface area (Å²) in [7, 11) is 3.10. The molecule has 2 aromatic rings. The molecule has 0 spiro atoms. The predicted octanol–water partition coefficient (Wildman–Crippen LogP) is 3.23. The number of pyridine rings is 1. The zero-order valence-corrected chi connectivity index (χ0v) is 13.7. The average Bonchev–Trinajstić information content (AvgIpc) is 2.79. The van der Waals surface area contributed by atoms with E-state index in [0.29, 0.717) is 47.8 Å². The Balaban J connectivity index is 1.95. The standard InChI is InChI=1S/C19H19NO4/c1-22-15-11-16(23-2)18-17(12-15)24-10-8-13(19(18)21)6-7-14-5-3-4-9-20-14/h3-6,9,11-12H,7-8,10H2,1-2H3/b13-6+. The first-order chi connectivity index (χ1) is 11.7. The van der Waals surface area contributed by atoms with E-state index < -0.39 is 0 Å². The monoisotopic (exact) mass is 325 g/mol. The number of carbonyl (C=O) groups excluding carboxylic acids is 1. The Labute approximate surface area is 140 Å². The maximum Gasteiger partial charge on any atom is 0.196 e. The molecule has 3 rings (SSSR count). The third-order valence-corrected chi connectivity index (χ3v) is 3.93. The van der Waals surface area contributed by atoms with Crippen LogP contribution in [0.5, 0.6) is 17.2 Å². The quantitative estimate of drug-likeness (QED) is 0.808. The van der Waals surface area contributed by atoms with Crippen LogP contribution in [0.25, 0.3) is 0 Å². The van der Waals surface area contributed by atoms with Gasteiger partial charge in [0.1, 0.15) is 22.8 Å². The molecule has 5 nitrogen and oxygen atoms in total.